The van der Waals surface area contributed by atoms with Gasteiger partial charge in [-0.05, 0) is 31.6 Å². The quantitative estimate of drug-likeness (QED) is 0.690. The average molecular weight is 359 g/mol. The fourth-order valence-corrected chi connectivity index (χ4v) is 2.48. The Hall–Kier alpha value is -2.83. The third-order valence-corrected chi connectivity index (χ3v) is 3.80. The molecule has 1 aliphatic rings. The second-order valence-electron chi connectivity index (χ2n) is 5.66. The monoisotopic (exact) mass is 359 g/mol. The van der Waals surface area contributed by atoms with Crippen molar-refractivity contribution >= 4 is 17.5 Å². The molecule has 0 saturated heterocycles. The van der Waals surface area contributed by atoms with E-state index in [0.29, 0.717) is 31.1 Å². The van der Waals surface area contributed by atoms with Crippen molar-refractivity contribution in [3.8, 4) is 11.5 Å². The Kier molecular flexibility index (Phi) is 7.67. The Morgan fingerprint density at radius 2 is 2.04 bits per heavy atom. The van der Waals surface area contributed by atoms with E-state index in [-0.39, 0.29) is 6.54 Å². The van der Waals surface area contributed by atoms with Crippen LogP contribution in [-0.2, 0) is 16.1 Å². The van der Waals surface area contributed by atoms with Crippen LogP contribution in [0.1, 0.15) is 25.3 Å². The fraction of sp³-hybridized carbons (Fsp3) is 0.421. The zero-order valence-electron chi connectivity index (χ0n) is 15.2. The van der Waals surface area contributed by atoms with E-state index in [2.05, 4.69) is 21.7 Å². The molecule has 0 spiro atoms. The van der Waals surface area contributed by atoms with Crippen molar-refractivity contribution in [1.82, 2.24) is 10.6 Å². The Balaban J connectivity index is 1.79. The summed E-state index contributed by atoms with van der Waals surface area (Å²) in [5.74, 6) is -0.0482. The highest BCUT2D eigenvalue weighted by molar-refractivity contribution is 6.35. The number of hydrogen-bond acceptors (Lipinski definition) is 5. The van der Waals surface area contributed by atoms with Gasteiger partial charge in [0.25, 0.3) is 0 Å². The number of dihydropyridines is 1. The molecule has 140 valence electrons. The number of rotatable bonds is 8. The first-order valence-corrected chi connectivity index (χ1v) is 8.69. The second-order valence-corrected chi connectivity index (χ2v) is 5.66. The minimum absolute atomic E-state index is 0.192. The molecule has 7 heteroatoms. The Morgan fingerprint density at radius 1 is 1.23 bits per heavy atom. The van der Waals surface area contributed by atoms with Gasteiger partial charge in [0, 0.05) is 43.4 Å². The molecule has 0 aromatic heterocycles. The largest absolute Gasteiger partial charge is 0.496 e. The van der Waals surface area contributed by atoms with E-state index < -0.39 is 11.8 Å². The lowest BCUT2D eigenvalue weighted by molar-refractivity contribution is -0.139. The number of carbonyl (C=O) groups excluding carboxylic acids is 2. The van der Waals surface area contributed by atoms with Crippen molar-refractivity contribution < 1.29 is 19.1 Å². The first-order chi connectivity index (χ1) is 12.6. The van der Waals surface area contributed by atoms with Crippen LogP contribution in [0.4, 0.5) is 0 Å². The highest BCUT2D eigenvalue weighted by Crippen LogP contribution is 2.24. The molecule has 7 nitrogen and oxygen atoms in total. The molecule has 1 aromatic rings. The first-order valence-electron chi connectivity index (χ1n) is 8.69. The molecule has 0 bridgehead atoms. The van der Waals surface area contributed by atoms with Crippen molar-refractivity contribution in [2.75, 3.05) is 26.8 Å². The molecule has 0 fully saturated rings. The maximum absolute atomic E-state index is 11.9. The number of benzene rings is 1. The van der Waals surface area contributed by atoms with E-state index in [1.165, 1.54) is 0 Å². The van der Waals surface area contributed by atoms with Crippen molar-refractivity contribution in [3.05, 3.63) is 35.9 Å². The predicted molar refractivity (Wildman–Crippen MR) is 99.7 cm³/mol. The van der Waals surface area contributed by atoms with Gasteiger partial charge in [0.2, 0.25) is 0 Å². The topological polar surface area (TPSA) is 89.0 Å². The SMILES string of the molecule is CCOc1ccc(CNC(=O)C(=O)NCCC2=NCCC=C2)c(OC)c1. The van der Waals surface area contributed by atoms with Crippen LogP contribution in [0.3, 0.4) is 0 Å². The van der Waals surface area contributed by atoms with Gasteiger partial charge in [-0.25, -0.2) is 0 Å². The number of ether oxygens (including phenoxy) is 2. The molecule has 0 aliphatic carbocycles. The van der Waals surface area contributed by atoms with Gasteiger partial charge in [0.05, 0.1) is 13.7 Å². The number of allylic oxidation sites excluding steroid dienone is 1. The second kappa shape index (κ2) is 10.2. The molecule has 0 atom stereocenters. The summed E-state index contributed by atoms with van der Waals surface area (Å²) < 4.78 is 10.7. The van der Waals surface area contributed by atoms with E-state index in [4.69, 9.17) is 9.47 Å². The molecule has 2 amide bonds. The van der Waals surface area contributed by atoms with Crippen LogP contribution in [0.2, 0.25) is 0 Å². The van der Waals surface area contributed by atoms with Gasteiger partial charge in [-0.1, -0.05) is 6.08 Å². The minimum atomic E-state index is -0.679. The van der Waals surface area contributed by atoms with Crippen molar-refractivity contribution in [1.29, 1.82) is 0 Å². The zero-order valence-corrected chi connectivity index (χ0v) is 15.2. The molecule has 2 N–H and O–H groups in total. The van der Waals surface area contributed by atoms with E-state index in [0.717, 1.165) is 24.2 Å². The van der Waals surface area contributed by atoms with Gasteiger partial charge in [0.15, 0.2) is 0 Å². The van der Waals surface area contributed by atoms with Gasteiger partial charge < -0.3 is 20.1 Å². The van der Waals surface area contributed by atoms with Gasteiger partial charge in [0.1, 0.15) is 11.5 Å². The summed E-state index contributed by atoms with van der Waals surface area (Å²) in [6.07, 6.45) is 5.57. The lowest BCUT2D eigenvalue weighted by Crippen LogP contribution is -2.40. The third kappa shape index (κ3) is 5.91. The highest BCUT2D eigenvalue weighted by atomic mass is 16.5. The predicted octanol–water partition coefficient (Wildman–Crippen LogP) is 1.62. The molecule has 0 unspecified atom stereocenters. The normalized spacial score (nSPS) is 12.9. The minimum Gasteiger partial charge on any atom is -0.496 e. The summed E-state index contributed by atoms with van der Waals surface area (Å²) in [4.78, 5) is 28.1. The number of carbonyl (C=O) groups is 2. The van der Waals surface area contributed by atoms with E-state index >= 15 is 0 Å². The number of methoxy groups -OCH3 is 1. The van der Waals surface area contributed by atoms with Crippen LogP contribution in [0.15, 0.2) is 35.3 Å². The lowest BCUT2D eigenvalue weighted by Gasteiger charge is -2.12. The van der Waals surface area contributed by atoms with Gasteiger partial charge in [-0.2, -0.15) is 0 Å². The third-order valence-electron chi connectivity index (χ3n) is 3.80. The highest BCUT2D eigenvalue weighted by Gasteiger charge is 2.14. The summed E-state index contributed by atoms with van der Waals surface area (Å²) in [5, 5.41) is 5.20. The Morgan fingerprint density at radius 3 is 2.73 bits per heavy atom. The number of hydrogen-bond donors (Lipinski definition) is 2. The molecule has 1 aliphatic heterocycles. The number of amides is 2. The Labute approximate surface area is 153 Å². The van der Waals surface area contributed by atoms with Crippen LogP contribution >= 0.6 is 0 Å². The van der Waals surface area contributed by atoms with E-state index in [1.807, 2.05) is 13.0 Å². The van der Waals surface area contributed by atoms with Crippen molar-refractivity contribution in [2.45, 2.75) is 26.3 Å². The molecule has 2 rings (SSSR count). The van der Waals surface area contributed by atoms with Crippen molar-refractivity contribution in [2.24, 2.45) is 4.99 Å². The van der Waals surface area contributed by atoms with Crippen LogP contribution in [0, 0.1) is 0 Å². The van der Waals surface area contributed by atoms with E-state index in [9.17, 15) is 9.59 Å². The molecular weight excluding hydrogens is 334 g/mol. The van der Waals surface area contributed by atoms with E-state index in [1.54, 1.807) is 25.3 Å². The van der Waals surface area contributed by atoms with Crippen LogP contribution < -0.4 is 20.1 Å². The summed E-state index contributed by atoms with van der Waals surface area (Å²) in [5.41, 5.74) is 1.70. The van der Waals surface area contributed by atoms with Gasteiger partial charge in [-0.15, -0.1) is 0 Å². The first kappa shape index (κ1) is 19.5. The number of aliphatic imine (C=N–C) groups is 1. The Bertz CT molecular complexity index is 698. The van der Waals surface area contributed by atoms with Gasteiger partial charge in [-0.3, -0.25) is 14.6 Å². The smallest absolute Gasteiger partial charge is 0.309 e. The fourth-order valence-electron chi connectivity index (χ4n) is 2.48. The molecule has 0 saturated carbocycles. The summed E-state index contributed by atoms with van der Waals surface area (Å²) >= 11 is 0. The number of nitrogens with zero attached hydrogens (tertiary/aromatic N) is 1. The number of nitrogens with one attached hydrogen (secondary N) is 2. The summed E-state index contributed by atoms with van der Waals surface area (Å²) in [6.45, 7) is 3.81. The summed E-state index contributed by atoms with van der Waals surface area (Å²) in [7, 11) is 1.55. The summed E-state index contributed by atoms with van der Waals surface area (Å²) in [6, 6.07) is 5.35. The zero-order chi connectivity index (χ0) is 18.8. The lowest BCUT2D eigenvalue weighted by atomic mass is 10.2. The molecule has 1 aromatic carbocycles. The standard InChI is InChI=1S/C19H25N3O4/c1-3-26-16-8-7-14(17(12-16)25-2)13-22-19(24)18(23)21-11-9-15-6-4-5-10-20-15/h4,6-8,12H,3,5,9-11,13H2,1-2H3,(H,21,23)(H,22,24). The molecule has 1 heterocycles. The van der Waals surface area contributed by atoms with Crippen LogP contribution in [0.5, 0.6) is 11.5 Å². The van der Waals surface area contributed by atoms with Crippen LogP contribution in [-0.4, -0.2) is 44.3 Å². The molecular formula is C19H25N3O4. The van der Waals surface area contributed by atoms with Gasteiger partial charge >= 0.3 is 11.8 Å². The van der Waals surface area contributed by atoms with Crippen LogP contribution in [0.25, 0.3) is 0 Å². The van der Waals surface area contributed by atoms with Crippen molar-refractivity contribution in [3.63, 3.8) is 0 Å². The maximum Gasteiger partial charge on any atom is 0.309 e. The molecule has 0 radical (unpaired) electrons. The maximum atomic E-state index is 11.9. The molecule has 26 heavy (non-hydrogen) atoms. The average Bonchev–Trinajstić information content (AvgIpc) is 2.67.